The summed E-state index contributed by atoms with van der Waals surface area (Å²) in [5.74, 6) is 0. The van der Waals surface area contributed by atoms with Gasteiger partial charge in [-0.3, -0.25) is 4.98 Å². The smallest absolute Gasteiger partial charge is 0.0758 e. The number of fused-ring (bicyclic) bond motifs is 1. The van der Waals surface area contributed by atoms with E-state index in [9.17, 15) is 0 Å². The summed E-state index contributed by atoms with van der Waals surface area (Å²) < 4.78 is 6.18. The zero-order chi connectivity index (χ0) is 13.7. The van der Waals surface area contributed by atoms with Crippen LogP contribution < -0.4 is 5.32 Å². The van der Waals surface area contributed by atoms with Gasteiger partial charge in [0, 0.05) is 42.4 Å². The molecule has 2 aromatic rings. The summed E-state index contributed by atoms with van der Waals surface area (Å²) in [5, 5.41) is 4.67. The van der Waals surface area contributed by atoms with E-state index in [1.165, 1.54) is 5.56 Å². The van der Waals surface area contributed by atoms with Crippen molar-refractivity contribution in [2.24, 2.45) is 0 Å². The Labute approximate surface area is 122 Å². The van der Waals surface area contributed by atoms with Gasteiger partial charge in [-0.25, -0.2) is 0 Å². The van der Waals surface area contributed by atoms with E-state index >= 15 is 0 Å². The zero-order valence-corrected chi connectivity index (χ0v) is 12.9. The SMILES string of the molecule is COCCC(C)NCc1ccc(Br)c2cccnc12. The van der Waals surface area contributed by atoms with Crippen LogP contribution in [0.1, 0.15) is 18.9 Å². The first-order valence-electron chi connectivity index (χ1n) is 6.47. The van der Waals surface area contributed by atoms with Crippen molar-refractivity contribution in [1.82, 2.24) is 10.3 Å². The molecule has 0 fully saturated rings. The minimum absolute atomic E-state index is 0.433. The first-order valence-corrected chi connectivity index (χ1v) is 7.26. The normalized spacial score (nSPS) is 12.8. The molecule has 102 valence electrons. The Balaban J connectivity index is 2.11. The van der Waals surface area contributed by atoms with Gasteiger partial charge in [0.25, 0.3) is 0 Å². The number of halogens is 1. The van der Waals surface area contributed by atoms with Crippen LogP contribution in [0.2, 0.25) is 0 Å². The maximum atomic E-state index is 5.09. The minimum Gasteiger partial charge on any atom is -0.385 e. The number of nitrogens with zero attached hydrogens (tertiary/aromatic N) is 1. The summed E-state index contributed by atoms with van der Waals surface area (Å²) in [5.41, 5.74) is 2.28. The minimum atomic E-state index is 0.433. The van der Waals surface area contributed by atoms with Gasteiger partial charge in [0.1, 0.15) is 0 Å². The molecule has 0 spiro atoms. The number of hydrogen-bond donors (Lipinski definition) is 1. The lowest BCUT2D eigenvalue weighted by atomic mass is 10.1. The predicted octanol–water partition coefficient (Wildman–Crippen LogP) is 3.51. The van der Waals surface area contributed by atoms with Crippen LogP contribution in [0.5, 0.6) is 0 Å². The fraction of sp³-hybridized carbons (Fsp3) is 0.400. The van der Waals surface area contributed by atoms with Crippen LogP contribution in [0.4, 0.5) is 0 Å². The molecule has 4 heteroatoms. The van der Waals surface area contributed by atoms with Gasteiger partial charge in [-0.1, -0.05) is 28.1 Å². The van der Waals surface area contributed by atoms with E-state index in [1.807, 2.05) is 12.3 Å². The number of hydrogen-bond acceptors (Lipinski definition) is 3. The Hall–Kier alpha value is -0.970. The molecule has 2 rings (SSSR count). The number of pyridine rings is 1. The Morgan fingerprint density at radius 1 is 1.37 bits per heavy atom. The number of methoxy groups -OCH3 is 1. The highest BCUT2D eigenvalue weighted by atomic mass is 79.9. The Morgan fingerprint density at radius 2 is 2.21 bits per heavy atom. The number of rotatable bonds is 6. The van der Waals surface area contributed by atoms with Crippen molar-refractivity contribution in [3.63, 3.8) is 0 Å². The van der Waals surface area contributed by atoms with Crippen molar-refractivity contribution in [1.29, 1.82) is 0 Å². The average molecular weight is 323 g/mol. The van der Waals surface area contributed by atoms with Crippen LogP contribution in [0.15, 0.2) is 34.9 Å². The molecule has 1 aromatic carbocycles. The van der Waals surface area contributed by atoms with E-state index in [0.29, 0.717) is 6.04 Å². The zero-order valence-electron chi connectivity index (χ0n) is 11.3. The summed E-state index contributed by atoms with van der Waals surface area (Å²) in [7, 11) is 1.73. The highest BCUT2D eigenvalue weighted by Crippen LogP contribution is 2.25. The van der Waals surface area contributed by atoms with Gasteiger partial charge in [-0.05, 0) is 31.0 Å². The third-order valence-corrected chi connectivity index (χ3v) is 3.89. The molecule has 0 aliphatic heterocycles. The van der Waals surface area contributed by atoms with Crippen molar-refractivity contribution >= 4 is 26.8 Å². The maximum Gasteiger partial charge on any atom is 0.0758 e. The highest BCUT2D eigenvalue weighted by Gasteiger charge is 2.07. The second-order valence-corrected chi connectivity index (χ2v) is 5.52. The first-order chi connectivity index (χ1) is 9.22. The summed E-state index contributed by atoms with van der Waals surface area (Å²) >= 11 is 3.57. The van der Waals surface area contributed by atoms with E-state index in [-0.39, 0.29) is 0 Å². The molecule has 1 heterocycles. The molecular formula is C15H19BrN2O. The van der Waals surface area contributed by atoms with Gasteiger partial charge in [-0.15, -0.1) is 0 Å². The quantitative estimate of drug-likeness (QED) is 0.883. The molecule has 1 N–H and O–H groups in total. The fourth-order valence-corrected chi connectivity index (χ4v) is 2.47. The lowest BCUT2D eigenvalue weighted by molar-refractivity contribution is 0.184. The van der Waals surface area contributed by atoms with Crippen LogP contribution in [-0.2, 0) is 11.3 Å². The second-order valence-electron chi connectivity index (χ2n) is 4.67. The van der Waals surface area contributed by atoms with Gasteiger partial charge in [0.05, 0.1) is 5.52 Å². The largest absolute Gasteiger partial charge is 0.385 e. The standard InChI is InChI=1S/C15H19BrN2O/c1-11(7-9-19-2)18-10-12-5-6-14(16)13-4-3-8-17-15(12)13/h3-6,8,11,18H,7,9-10H2,1-2H3. The van der Waals surface area contributed by atoms with E-state index in [4.69, 9.17) is 4.74 Å². The third kappa shape index (κ3) is 3.75. The van der Waals surface area contributed by atoms with Crippen molar-refractivity contribution in [3.8, 4) is 0 Å². The molecule has 0 aliphatic rings. The number of ether oxygens (including phenoxy) is 1. The van der Waals surface area contributed by atoms with Gasteiger partial charge < -0.3 is 10.1 Å². The van der Waals surface area contributed by atoms with Crippen molar-refractivity contribution in [3.05, 3.63) is 40.5 Å². The molecule has 3 nitrogen and oxygen atoms in total. The van der Waals surface area contributed by atoms with Crippen LogP contribution in [0, 0.1) is 0 Å². The van der Waals surface area contributed by atoms with Gasteiger partial charge in [0.2, 0.25) is 0 Å². The Morgan fingerprint density at radius 3 is 3.00 bits per heavy atom. The Kier molecular flexibility index (Phi) is 5.31. The first kappa shape index (κ1) is 14.4. The molecule has 0 saturated carbocycles. The van der Waals surface area contributed by atoms with Gasteiger partial charge >= 0.3 is 0 Å². The molecule has 1 aromatic heterocycles. The summed E-state index contributed by atoms with van der Waals surface area (Å²) in [6, 6.07) is 8.69. The van der Waals surface area contributed by atoms with E-state index < -0.39 is 0 Å². The Bertz CT molecular complexity index is 545. The molecule has 0 amide bonds. The van der Waals surface area contributed by atoms with Crippen LogP contribution in [0.3, 0.4) is 0 Å². The maximum absolute atomic E-state index is 5.09. The van der Waals surface area contributed by atoms with Crippen LogP contribution in [-0.4, -0.2) is 24.7 Å². The molecule has 1 unspecified atom stereocenters. The lowest BCUT2D eigenvalue weighted by Crippen LogP contribution is -2.26. The van der Waals surface area contributed by atoms with Gasteiger partial charge in [-0.2, -0.15) is 0 Å². The number of nitrogens with one attached hydrogen (secondary N) is 1. The topological polar surface area (TPSA) is 34.1 Å². The molecular weight excluding hydrogens is 304 g/mol. The molecule has 0 saturated heterocycles. The monoisotopic (exact) mass is 322 g/mol. The summed E-state index contributed by atoms with van der Waals surface area (Å²) in [6.45, 7) is 3.78. The van der Waals surface area contributed by atoms with E-state index in [2.05, 4.69) is 51.4 Å². The summed E-state index contributed by atoms with van der Waals surface area (Å²) in [4.78, 5) is 4.49. The highest BCUT2D eigenvalue weighted by molar-refractivity contribution is 9.10. The summed E-state index contributed by atoms with van der Waals surface area (Å²) in [6.07, 6.45) is 2.85. The van der Waals surface area contributed by atoms with E-state index in [0.717, 1.165) is 34.9 Å². The second kappa shape index (κ2) is 6.98. The molecule has 1 atom stereocenters. The van der Waals surface area contributed by atoms with Gasteiger partial charge in [0.15, 0.2) is 0 Å². The van der Waals surface area contributed by atoms with E-state index in [1.54, 1.807) is 7.11 Å². The van der Waals surface area contributed by atoms with Crippen molar-refractivity contribution in [2.45, 2.75) is 25.9 Å². The van der Waals surface area contributed by atoms with Crippen molar-refractivity contribution < 1.29 is 4.74 Å². The van der Waals surface area contributed by atoms with Crippen molar-refractivity contribution in [2.75, 3.05) is 13.7 Å². The number of benzene rings is 1. The lowest BCUT2D eigenvalue weighted by Gasteiger charge is -2.14. The fourth-order valence-electron chi connectivity index (χ4n) is 2.02. The molecule has 0 bridgehead atoms. The number of aromatic nitrogens is 1. The molecule has 0 aliphatic carbocycles. The third-order valence-electron chi connectivity index (χ3n) is 3.20. The average Bonchev–Trinajstić information content (AvgIpc) is 2.45. The predicted molar refractivity (Wildman–Crippen MR) is 82.2 cm³/mol. The molecule has 19 heavy (non-hydrogen) atoms. The van der Waals surface area contributed by atoms with Crippen LogP contribution >= 0.6 is 15.9 Å². The molecule has 0 radical (unpaired) electrons. The van der Waals surface area contributed by atoms with Crippen LogP contribution in [0.25, 0.3) is 10.9 Å².